The Morgan fingerprint density at radius 2 is 1.75 bits per heavy atom. The molecule has 88 valence electrons. The molecule has 2 atom stereocenters. The normalized spacial score (nSPS) is 28.6. The summed E-state index contributed by atoms with van der Waals surface area (Å²) >= 11 is 0. The van der Waals surface area contributed by atoms with E-state index in [1.54, 1.807) is 18.2 Å². The first kappa shape index (κ1) is 11.4. The van der Waals surface area contributed by atoms with E-state index in [4.69, 9.17) is 0 Å². The lowest BCUT2D eigenvalue weighted by Crippen LogP contribution is -2.50. The predicted molar refractivity (Wildman–Crippen MR) is 50.8 cm³/mol. The van der Waals surface area contributed by atoms with Crippen molar-refractivity contribution in [2.24, 2.45) is 0 Å². The fourth-order valence-corrected chi connectivity index (χ4v) is 1.79. The summed E-state index contributed by atoms with van der Waals surface area (Å²) in [6, 6.07) is 7.74. The molecule has 0 aromatic heterocycles. The van der Waals surface area contributed by atoms with Gasteiger partial charge >= 0.3 is 6.18 Å². The summed E-state index contributed by atoms with van der Waals surface area (Å²) in [7, 11) is 0. The Balaban J connectivity index is 2.41. The minimum Gasteiger partial charge on any atom is -0.382 e. The van der Waals surface area contributed by atoms with Crippen LogP contribution in [-0.4, -0.2) is 23.5 Å². The highest BCUT2D eigenvalue weighted by atomic mass is 19.4. The SMILES string of the molecule is CC(O)(c1ccccc1)[C@@]1(C(F)(F)F)CO1. The van der Waals surface area contributed by atoms with E-state index in [1.165, 1.54) is 12.1 Å². The molecule has 0 saturated carbocycles. The Bertz CT molecular complexity index is 380. The lowest BCUT2D eigenvalue weighted by atomic mass is 9.82. The van der Waals surface area contributed by atoms with Crippen molar-refractivity contribution in [3.63, 3.8) is 0 Å². The van der Waals surface area contributed by atoms with Crippen molar-refractivity contribution >= 4 is 0 Å². The highest BCUT2D eigenvalue weighted by molar-refractivity contribution is 5.29. The van der Waals surface area contributed by atoms with Gasteiger partial charge in [-0.25, -0.2) is 0 Å². The number of ether oxygens (including phenoxy) is 1. The van der Waals surface area contributed by atoms with Gasteiger partial charge in [-0.3, -0.25) is 0 Å². The van der Waals surface area contributed by atoms with Crippen LogP contribution in [0.25, 0.3) is 0 Å². The van der Waals surface area contributed by atoms with E-state index in [1.807, 2.05) is 0 Å². The Labute approximate surface area is 90.7 Å². The number of aliphatic hydroxyl groups is 1. The third kappa shape index (κ3) is 1.43. The van der Waals surface area contributed by atoms with Gasteiger partial charge in [-0.05, 0) is 12.5 Å². The van der Waals surface area contributed by atoms with Crippen molar-refractivity contribution in [1.82, 2.24) is 0 Å². The van der Waals surface area contributed by atoms with E-state index in [2.05, 4.69) is 4.74 Å². The van der Waals surface area contributed by atoms with Gasteiger partial charge in [-0.1, -0.05) is 30.3 Å². The minimum absolute atomic E-state index is 0.199. The van der Waals surface area contributed by atoms with E-state index < -0.39 is 24.0 Å². The molecule has 2 nitrogen and oxygen atoms in total. The molecule has 2 rings (SSSR count). The number of hydrogen-bond donors (Lipinski definition) is 1. The third-order valence-electron chi connectivity index (χ3n) is 3.01. The van der Waals surface area contributed by atoms with Crippen molar-refractivity contribution in [1.29, 1.82) is 0 Å². The molecule has 1 saturated heterocycles. The molecule has 1 unspecified atom stereocenters. The quantitative estimate of drug-likeness (QED) is 0.793. The topological polar surface area (TPSA) is 32.8 Å². The smallest absolute Gasteiger partial charge is 0.382 e. The van der Waals surface area contributed by atoms with Gasteiger partial charge in [0, 0.05) is 0 Å². The Morgan fingerprint density at radius 3 is 2.12 bits per heavy atom. The highest BCUT2D eigenvalue weighted by Gasteiger charge is 2.75. The number of alkyl halides is 3. The first-order chi connectivity index (χ1) is 7.31. The molecule has 1 aliphatic heterocycles. The van der Waals surface area contributed by atoms with E-state index in [-0.39, 0.29) is 5.56 Å². The molecule has 0 bridgehead atoms. The predicted octanol–water partition coefficient (Wildman–Crippen LogP) is 2.23. The van der Waals surface area contributed by atoms with Gasteiger partial charge in [0.05, 0.1) is 6.61 Å². The maximum absolute atomic E-state index is 12.8. The summed E-state index contributed by atoms with van der Waals surface area (Å²) in [5.74, 6) is 0. The number of epoxide rings is 1. The van der Waals surface area contributed by atoms with Crippen LogP contribution in [-0.2, 0) is 10.3 Å². The zero-order chi connectivity index (χ0) is 12.0. The zero-order valence-corrected chi connectivity index (χ0v) is 8.58. The molecule has 0 spiro atoms. The molecule has 1 N–H and O–H groups in total. The second-order valence-electron chi connectivity index (χ2n) is 4.05. The van der Waals surface area contributed by atoms with Crippen molar-refractivity contribution in [2.75, 3.05) is 6.61 Å². The standard InChI is InChI=1S/C11H11F3O2/c1-9(15,8-5-3-2-4-6-8)10(7-16-10)11(12,13)14/h2-6,15H,7H2,1H3/t9?,10-/m1/s1. The zero-order valence-electron chi connectivity index (χ0n) is 8.58. The maximum atomic E-state index is 12.8. The Hall–Kier alpha value is -1.07. The molecular formula is C11H11F3O2. The monoisotopic (exact) mass is 232 g/mol. The van der Waals surface area contributed by atoms with Gasteiger partial charge in [0.2, 0.25) is 5.60 Å². The van der Waals surface area contributed by atoms with Crippen molar-refractivity contribution < 1.29 is 23.0 Å². The molecule has 0 amide bonds. The summed E-state index contributed by atoms with van der Waals surface area (Å²) in [5, 5.41) is 10.1. The van der Waals surface area contributed by atoms with Crippen LogP contribution in [0.5, 0.6) is 0 Å². The van der Waals surface area contributed by atoms with Crippen LogP contribution in [0.1, 0.15) is 12.5 Å². The summed E-state index contributed by atoms with van der Waals surface area (Å²) in [6.07, 6.45) is -4.58. The van der Waals surface area contributed by atoms with Gasteiger partial charge in [0.15, 0.2) is 0 Å². The van der Waals surface area contributed by atoms with Crippen molar-refractivity contribution in [2.45, 2.75) is 24.3 Å². The first-order valence-corrected chi connectivity index (χ1v) is 4.80. The number of benzene rings is 1. The van der Waals surface area contributed by atoms with Gasteiger partial charge in [0.25, 0.3) is 0 Å². The molecule has 1 aliphatic rings. The van der Waals surface area contributed by atoms with Crippen LogP contribution < -0.4 is 0 Å². The minimum atomic E-state index is -4.58. The van der Waals surface area contributed by atoms with Crippen LogP contribution in [0, 0.1) is 0 Å². The molecule has 1 aromatic rings. The second kappa shape index (κ2) is 3.21. The van der Waals surface area contributed by atoms with Gasteiger partial charge in [-0.2, -0.15) is 13.2 Å². The molecule has 0 radical (unpaired) electrons. The Morgan fingerprint density at radius 1 is 1.25 bits per heavy atom. The molecule has 5 heteroatoms. The van der Waals surface area contributed by atoms with Crippen LogP contribution in [0.4, 0.5) is 13.2 Å². The molecule has 0 aliphatic carbocycles. The lowest BCUT2D eigenvalue weighted by Gasteiger charge is -2.32. The fourth-order valence-electron chi connectivity index (χ4n) is 1.79. The summed E-state index contributed by atoms with van der Waals surface area (Å²) in [5.41, 5.74) is -4.32. The molecular weight excluding hydrogens is 221 g/mol. The van der Waals surface area contributed by atoms with Crippen LogP contribution in [0.3, 0.4) is 0 Å². The summed E-state index contributed by atoms with van der Waals surface area (Å²) in [6.45, 7) is 0.626. The molecule has 16 heavy (non-hydrogen) atoms. The fraction of sp³-hybridized carbons (Fsp3) is 0.455. The first-order valence-electron chi connectivity index (χ1n) is 4.80. The number of hydrogen-bond acceptors (Lipinski definition) is 2. The van der Waals surface area contributed by atoms with Gasteiger partial charge in [0.1, 0.15) is 5.60 Å². The second-order valence-corrected chi connectivity index (χ2v) is 4.05. The molecule has 1 fully saturated rings. The summed E-state index contributed by atoms with van der Waals surface area (Å²) < 4.78 is 42.9. The van der Waals surface area contributed by atoms with E-state index in [0.29, 0.717) is 0 Å². The average molecular weight is 232 g/mol. The Kier molecular flexibility index (Phi) is 2.29. The molecule has 1 heterocycles. The van der Waals surface area contributed by atoms with Gasteiger partial charge < -0.3 is 9.84 Å². The van der Waals surface area contributed by atoms with E-state index >= 15 is 0 Å². The largest absolute Gasteiger partial charge is 0.422 e. The lowest BCUT2D eigenvalue weighted by molar-refractivity contribution is -0.235. The number of rotatable bonds is 2. The van der Waals surface area contributed by atoms with Crippen molar-refractivity contribution in [3.05, 3.63) is 35.9 Å². The highest BCUT2D eigenvalue weighted by Crippen LogP contribution is 2.54. The molecule has 1 aromatic carbocycles. The maximum Gasteiger partial charge on any atom is 0.422 e. The summed E-state index contributed by atoms with van der Waals surface area (Å²) in [4.78, 5) is 0. The van der Waals surface area contributed by atoms with E-state index in [9.17, 15) is 18.3 Å². The van der Waals surface area contributed by atoms with Crippen LogP contribution in [0.15, 0.2) is 30.3 Å². The average Bonchev–Trinajstić information content (AvgIpc) is 2.98. The number of halogens is 3. The third-order valence-corrected chi connectivity index (χ3v) is 3.01. The van der Waals surface area contributed by atoms with E-state index in [0.717, 1.165) is 6.92 Å². The van der Waals surface area contributed by atoms with Crippen LogP contribution >= 0.6 is 0 Å². The van der Waals surface area contributed by atoms with Crippen molar-refractivity contribution in [3.8, 4) is 0 Å². The van der Waals surface area contributed by atoms with Crippen LogP contribution in [0.2, 0.25) is 0 Å². The van der Waals surface area contributed by atoms with Gasteiger partial charge in [-0.15, -0.1) is 0 Å².